The highest BCUT2D eigenvalue weighted by Crippen LogP contribution is 2.28. The average Bonchev–Trinajstić information content (AvgIpc) is 3.47. The number of rotatable bonds is 4. The van der Waals surface area contributed by atoms with Crippen molar-refractivity contribution in [2.75, 3.05) is 24.5 Å². The summed E-state index contributed by atoms with van der Waals surface area (Å²) in [5, 5.41) is 2.62. The Morgan fingerprint density at radius 1 is 1.21 bits per heavy atom. The number of thiazole rings is 1. The van der Waals surface area contributed by atoms with Crippen LogP contribution in [0.1, 0.15) is 43.1 Å². The van der Waals surface area contributed by atoms with E-state index in [1.807, 2.05) is 34.5 Å². The van der Waals surface area contributed by atoms with Crippen molar-refractivity contribution in [3.8, 4) is 0 Å². The first-order valence-corrected chi connectivity index (χ1v) is 11.0. The Hall–Kier alpha value is -2.74. The average molecular weight is 410 g/mol. The molecular weight excluding hydrogens is 386 g/mol. The normalized spacial score (nSPS) is 20.0. The smallest absolute Gasteiger partial charge is 0.228 e. The van der Waals surface area contributed by atoms with Gasteiger partial charge in [0.2, 0.25) is 11.8 Å². The fourth-order valence-electron chi connectivity index (χ4n) is 4.21. The fourth-order valence-corrected chi connectivity index (χ4v) is 5.08. The van der Waals surface area contributed by atoms with Gasteiger partial charge in [-0.1, -0.05) is 12.1 Å². The van der Waals surface area contributed by atoms with E-state index in [1.165, 1.54) is 11.3 Å². The molecular formula is C21H23N5O2S. The maximum atomic E-state index is 12.9. The molecule has 150 valence electrons. The summed E-state index contributed by atoms with van der Waals surface area (Å²) in [6, 6.07) is 8.02. The van der Waals surface area contributed by atoms with Crippen LogP contribution < -0.4 is 4.90 Å². The molecule has 3 aromatic rings. The summed E-state index contributed by atoms with van der Waals surface area (Å²) in [4.78, 5) is 41.1. The third kappa shape index (κ3) is 3.64. The summed E-state index contributed by atoms with van der Waals surface area (Å²) in [7, 11) is 0. The van der Waals surface area contributed by atoms with Gasteiger partial charge in [0.25, 0.3) is 0 Å². The van der Waals surface area contributed by atoms with Crippen LogP contribution in [0.4, 0.5) is 5.13 Å². The largest absolute Gasteiger partial charge is 0.342 e. The minimum Gasteiger partial charge on any atom is -0.342 e. The number of H-pyrrole nitrogens is 1. The second-order valence-corrected chi connectivity index (χ2v) is 8.60. The number of hydrogen-bond donors (Lipinski definition) is 1. The van der Waals surface area contributed by atoms with E-state index < -0.39 is 0 Å². The molecule has 2 fully saturated rings. The van der Waals surface area contributed by atoms with Crippen molar-refractivity contribution in [3.63, 3.8) is 0 Å². The van der Waals surface area contributed by atoms with Crippen LogP contribution in [0, 0.1) is 0 Å². The second kappa shape index (κ2) is 7.59. The highest BCUT2D eigenvalue weighted by molar-refractivity contribution is 7.14. The van der Waals surface area contributed by atoms with Crippen LogP contribution in [0.2, 0.25) is 0 Å². The summed E-state index contributed by atoms with van der Waals surface area (Å²) in [5.41, 5.74) is 2.76. The maximum absolute atomic E-state index is 12.9. The van der Waals surface area contributed by atoms with Gasteiger partial charge >= 0.3 is 0 Å². The Morgan fingerprint density at radius 2 is 2.10 bits per heavy atom. The SMILES string of the molecule is O=C(Cc1csc(N2CCCC2=O)n1)N1CCCC(c2nc3ccccc3[nH]2)C1. The minimum absolute atomic E-state index is 0.0930. The first-order chi connectivity index (χ1) is 14.2. The predicted molar refractivity (Wildman–Crippen MR) is 112 cm³/mol. The van der Waals surface area contributed by atoms with Gasteiger partial charge in [-0.25, -0.2) is 9.97 Å². The van der Waals surface area contributed by atoms with E-state index in [2.05, 4.69) is 9.97 Å². The Kier molecular flexibility index (Phi) is 4.79. The number of amides is 2. The molecule has 0 radical (unpaired) electrons. The zero-order chi connectivity index (χ0) is 19.8. The molecule has 5 rings (SSSR count). The number of nitrogens with zero attached hydrogens (tertiary/aromatic N) is 4. The minimum atomic E-state index is 0.0930. The molecule has 0 bridgehead atoms. The maximum Gasteiger partial charge on any atom is 0.228 e. The molecule has 29 heavy (non-hydrogen) atoms. The monoisotopic (exact) mass is 409 g/mol. The lowest BCUT2D eigenvalue weighted by Gasteiger charge is -2.31. The lowest BCUT2D eigenvalue weighted by atomic mass is 9.97. The third-order valence-corrected chi connectivity index (χ3v) is 6.66. The number of carbonyl (C=O) groups is 2. The van der Waals surface area contributed by atoms with Gasteiger partial charge in [0.05, 0.1) is 23.1 Å². The number of aromatic nitrogens is 3. The van der Waals surface area contributed by atoms with E-state index in [9.17, 15) is 9.59 Å². The van der Waals surface area contributed by atoms with Crippen molar-refractivity contribution in [3.05, 3.63) is 41.2 Å². The number of fused-ring (bicyclic) bond motifs is 1. The van der Waals surface area contributed by atoms with Crippen LogP contribution in [0.25, 0.3) is 11.0 Å². The molecule has 1 aromatic carbocycles. The van der Waals surface area contributed by atoms with E-state index >= 15 is 0 Å². The van der Waals surface area contributed by atoms with Gasteiger partial charge in [-0.15, -0.1) is 11.3 Å². The molecule has 2 saturated heterocycles. The first kappa shape index (κ1) is 18.3. The van der Waals surface area contributed by atoms with Crippen molar-refractivity contribution < 1.29 is 9.59 Å². The summed E-state index contributed by atoms with van der Waals surface area (Å²) in [6.45, 7) is 2.18. The van der Waals surface area contributed by atoms with E-state index in [0.717, 1.165) is 54.9 Å². The Labute approximate surface area is 172 Å². The lowest BCUT2D eigenvalue weighted by Crippen LogP contribution is -2.40. The van der Waals surface area contributed by atoms with Crippen molar-refractivity contribution in [2.24, 2.45) is 0 Å². The van der Waals surface area contributed by atoms with Crippen molar-refractivity contribution in [1.82, 2.24) is 19.9 Å². The number of carbonyl (C=O) groups excluding carboxylic acids is 2. The topological polar surface area (TPSA) is 82.2 Å². The number of imidazole rings is 1. The van der Waals surface area contributed by atoms with Crippen molar-refractivity contribution in [2.45, 2.75) is 38.0 Å². The van der Waals surface area contributed by atoms with Gasteiger partial charge in [-0.3, -0.25) is 14.5 Å². The molecule has 2 aliphatic rings. The molecule has 2 aliphatic heterocycles. The van der Waals surface area contributed by atoms with Gasteiger partial charge < -0.3 is 9.88 Å². The van der Waals surface area contributed by atoms with Crippen molar-refractivity contribution >= 4 is 39.3 Å². The molecule has 0 spiro atoms. The summed E-state index contributed by atoms with van der Waals surface area (Å²) in [5.74, 6) is 1.41. The molecule has 8 heteroatoms. The molecule has 7 nitrogen and oxygen atoms in total. The number of nitrogens with one attached hydrogen (secondary N) is 1. The highest BCUT2D eigenvalue weighted by Gasteiger charge is 2.28. The molecule has 2 aromatic heterocycles. The van der Waals surface area contributed by atoms with Gasteiger partial charge in [0, 0.05) is 37.4 Å². The Balaban J connectivity index is 1.25. The van der Waals surface area contributed by atoms with Crippen LogP contribution >= 0.6 is 11.3 Å². The van der Waals surface area contributed by atoms with E-state index in [-0.39, 0.29) is 24.2 Å². The molecule has 0 saturated carbocycles. The van der Waals surface area contributed by atoms with E-state index in [0.29, 0.717) is 18.1 Å². The number of likely N-dealkylation sites (tertiary alicyclic amines) is 1. The second-order valence-electron chi connectivity index (χ2n) is 7.77. The quantitative estimate of drug-likeness (QED) is 0.718. The first-order valence-electron chi connectivity index (χ1n) is 10.1. The standard InChI is InChI=1S/C21H23N5O2S/c27-18-8-4-10-26(18)21-22-15(13-29-21)11-19(28)25-9-3-5-14(12-25)20-23-16-6-1-2-7-17(16)24-20/h1-2,6-7,13-14H,3-5,8-12H2,(H,23,24). The fraction of sp³-hybridized carbons (Fsp3) is 0.429. The zero-order valence-electron chi connectivity index (χ0n) is 16.1. The number of piperidine rings is 1. The van der Waals surface area contributed by atoms with Gasteiger partial charge in [0.15, 0.2) is 5.13 Å². The predicted octanol–water partition coefficient (Wildman–Crippen LogP) is 3.09. The lowest BCUT2D eigenvalue weighted by molar-refractivity contribution is -0.131. The van der Waals surface area contributed by atoms with Crippen LogP contribution in [0.5, 0.6) is 0 Å². The number of benzene rings is 1. The highest BCUT2D eigenvalue weighted by atomic mass is 32.1. The summed E-state index contributed by atoms with van der Waals surface area (Å²) in [6.07, 6.45) is 3.75. The molecule has 0 aliphatic carbocycles. The Morgan fingerprint density at radius 3 is 2.93 bits per heavy atom. The number of para-hydroxylation sites is 2. The number of anilines is 1. The molecule has 4 heterocycles. The summed E-state index contributed by atoms with van der Waals surface area (Å²) < 4.78 is 0. The van der Waals surface area contributed by atoms with E-state index in [1.54, 1.807) is 4.90 Å². The third-order valence-electron chi connectivity index (χ3n) is 5.74. The van der Waals surface area contributed by atoms with Crippen LogP contribution in [0.3, 0.4) is 0 Å². The van der Waals surface area contributed by atoms with Crippen LogP contribution in [0.15, 0.2) is 29.6 Å². The van der Waals surface area contributed by atoms with Crippen LogP contribution in [-0.4, -0.2) is 51.3 Å². The Bertz CT molecular complexity index is 1030. The number of aromatic amines is 1. The van der Waals surface area contributed by atoms with Gasteiger partial charge in [0.1, 0.15) is 5.82 Å². The molecule has 2 amide bonds. The van der Waals surface area contributed by atoms with Crippen LogP contribution in [-0.2, 0) is 16.0 Å². The number of hydrogen-bond acceptors (Lipinski definition) is 5. The molecule has 1 atom stereocenters. The van der Waals surface area contributed by atoms with Gasteiger partial charge in [-0.2, -0.15) is 0 Å². The zero-order valence-corrected chi connectivity index (χ0v) is 17.0. The van der Waals surface area contributed by atoms with Crippen molar-refractivity contribution in [1.29, 1.82) is 0 Å². The molecule has 1 unspecified atom stereocenters. The van der Waals surface area contributed by atoms with Gasteiger partial charge in [-0.05, 0) is 31.4 Å². The molecule has 1 N–H and O–H groups in total. The van der Waals surface area contributed by atoms with E-state index in [4.69, 9.17) is 4.98 Å². The summed E-state index contributed by atoms with van der Waals surface area (Å²) >= 11 is 1.45.